The van der Waals surface area contributed by atoms with Crippen molar-refractivity contribution in [2.75, 3.05) is 33.4 Å². The maximum Gasteiger partial charge on any atom is 0.306 e. The Bertz CT molecular complexity index is 582. The third-order valence-electron chi connectivity index (χ3n) is 4.90. The summed E-state index contributed by atoms with van der Waals surface area (Å²) < 4.78 is 36.2. The number of carbonyl (C=O) groups is 1. The van der Waals surface area contributed by atoms with Gasteiger partial charge in [0.2, 0.25) is 6.43 Å². The van der Waals surface area contributed by atoms with Crippen LogP contribution in [0.25, 0.3) is 0 Å². The van der Waals surface area contributed by atoms with E-state index in [0.29, 0.717) is 19.6 Å². The number of hydrogen-bond acceptors (Lipinski definition) is 5. The lowest BCUT2D eigenvalue weighted by Crippen LogP contribution is -2.46. The number of rotatable bonds is 5. The van der Waals surface area contributed by atoms with E-state index in [-0.39, 0.29) is 18.0 Å². The van der Waals surface area contributed by atoms with E-state index in [1.165, 1.54) is 24.0 Å². The Kier molecular flexibility index (Phi) is 5.52. The highest BCUT2D eigenvalue weighted by molar-refractivity contribution is 7.12. The van der Waals surface area contributed by atoms with Crippen LogP contribution < -0.4 is 0 Å². The van der Waals surface area contributed by atoms with Crippen LogP contribution in [-0.4, -0.2) is 50.6 Å². The highest BCUT2D eigenvalue weighted by atomic mass is 32.1. The maximum atomic E-state index is 12.7. The topological polar surface area (TPSA) is 38.8 Å². The molecule has 0 radical (unpaired) electrons. The molecule has 1 aromatic rings. The smallest absolute Gasteiger partial charge is 0.306 e. The SMILES string of the molecule is COC(=O)CCN1CCC2(CC1)OCCc1cc(CC(F)F)sc12. The minimum absolute atomic E-state index is 0.168. The molecule has 1 aromatic heterocycles. The van der Waals surface area contributed by atoms with Crippen molar-refractivity contribution >= 4 is 17.3 Å². The summed E-state index contributed by atoms with van der Waals surface area (Å²) in [5.74, 6) is -0.193. The van der Waals surface area contributed by atoms with Gasteiger partial charge < -0.3 is 14.4 Å². The molecule has 1 spiro atoms. The van der Waals surface area contributed by atoms with Crippen LogP contribution in [0.15, 0.2) is 6.07 Å². The minimum Gasteiger partial charge on any atom is -0.469 e. The van der Waals surface area contributed by atoms with Crippen molar-refractivity contribution in [3.63, 3.8) is 0 Å². The van der Waals surface area contributed by atoms with Crippen molar-refractivity contribution in [1.82, 2.24) is 4.90 Å². The fourth-order valence-electron chi connectivity index (χ4n) is 3.59. The Labute approximate surface area is 144 Å². The quantitative estimate of drug-likeness (QED) is 0.758. The van der Waals surface area contributed by atoms with Crippen LogP contribution >= 0.6 is 11.3 Å². The second kappa shape index (κ2) is 7.45. The van der Waals surface area contributed by atoms with Gasteiger partial charge in [-0.1, -0.05) is 0 Å². The van der Waals surface area contributed by atoms with Gasteiger partial charge >= 0.3 is 5.97 Å². The molecule has 0 aliphatic carbocycles. The molecule has 0 N–H and O–H groups in total. The normalized spacial score (nSPS) is 20.3. The highest BCUT2D eigenvalue weighted by Gasteiger charge is 2.42. The van der Waals surface area contributed by atoms with Crippen LogP contribution in [0.3, 0.4) is 0 Å². The first-order valence-corrected chi connectivity index (χ1v) is 9.17. The average Bonchev–Trinajstić information content (AvgIpc) is 2.97. The summed E-state index contributed by atoms with van der Waals surface area (Å²) in [5, 5.41) is 0. The van der Waals surface area contributed by atoms with E-state index in [1.54, 1.807) is 0 Å². The van der Waals surface area contributed by atoms with Crippen molar-refractivity contribution in [2.24, 2.45) is 0 Å². The van der Waals surface area contributed by atoms with Crippen LogP contribution in [0.4, 0.5) is 8.78 Å². The lowest BCUT2D eigenvalue weighted by Gasteiger charge is -2.43. The first-order valence-electron chi connectivity index (χ1n) is 8.36. The number of fused-ring (bicyclic) bond motifs is 2. The van der Waals surface area contributed by atoms with Gasteiger partial charge in [0.25, 0.3) is 0 Å². The van der Waals surface area contributed by atoms with Gasteiger partial charge in [-0.25, -0.2) is 8.78 Å². The average molecular weight is 359 g/mol. The molecule has 0 saturated carbocycles. The van der Waals surface area contributed by atoms with Gasteiger partial charge in [0, 0.05) is 35.8 Å². The molecule has 3 heterocycles. The van der Waals surface area contributed by atoms with Crippen LogP contribution in [0.2, 0.25) is 0 Å². The van der Waals surface area contributed by atoms with E-state index < -0.39 is 6.43 Å². The van der Waals surface area contributed by atoms with Crippen LogP contribution in [0, 0.1) is 0 Å². The first-order chi connectivity index (χ1) is 11.5. The molecule has 2 aliphatic heterocycles. The largest absolute Gasteiger partial charge is 0.469 e. The number of thiophene rings is 1. The van der Waals surface area contributed by atoms with Gasteiger partial charge in [0.1, 0.15) is 5.60 Å². The Hall–Kier alpha value is -1.05. The number of likely N-dealkylation sites (tertiary alicyclic amines) is 1. The molecule has 0 unspecified atom stereocenters. The molecule has 2 aliphatic rings. The van der Waals surface area contributed by atoms with Crippen LogP contribution in [-0.2, 0) is 32.7 Å². The van der Waals surface area contributed by atoms with E-state index >= 15 is 0 Å². The second-order valence-corrected chi connectivity index (χ2v) is 7.56. The number of methoxy groups -OCH3 is 1. The fraction of sp³-hybridized carbons (Fsp3) is 0.706. The predicted molar refractivity (Wildman–Crippen MR) is 87.7 cm³/mol. The Morgan fingerprint density at radius 3 is 2.88 bits per heavy atom. The van der Waals surface area contributed by atoms with Gasteiger partial charge in [0.05, 0.1) is 20.1 Å². The summed E-state index contributed by atoms with van der Waals surface area (Å²) in [7, 11) is 1.40. The minimum atomic E-state index is -2.30. The van der Waals surface area contributed by atoms with Gasteiger partial charge in [-0.3, -0.25) is 4.79 Å². The maximum absolute atomic E-state index is 12.7. The molecule has 1 fully saturated rings. The molecule has 1 saturated heterocycles. The van der Waals surface area contributed by atoms with Crippen molar-refractivity contribution < 1.29 is 23.0 Å². The van der Waals surface area contributed by atoms with E-state index in [2.05, 4.69) is 9.64 Å². The fourth-order valence-corrected chi connectivity index (χ4v) is 5.01. The van der Waals surface area contributed by atoms with Crippen LogP contribution in [0.5, 0.6) is 0 Å². The molecule has 0 amide bonds. The first kappa shape index (κ1) is 17.8. The zero-order valence-corrected chi connectivity index (χ0v) is 14.7. The van der Waals surface area contributed by atoms with E-state index in [9.17, 15) is 13.6 Å². The van der Waals surface area contributed by atoms with Crippen molar-refractivity contribution in [1.29, 1.82) is 0 Å². The number of esters is 1. The number of piperidine rings is 1. The number of carbonyl (C=O) groups excluding carboxylic acids is 1. The molecule has 4 nitrogen and oxygen atoms in total. The van der Waals surface area contributed by atoms with E-state index in [1.807, 2.05) is 6.07 Å². The van der Waals surface area contributed by atoms with Gasteiger partial charge in [0.15, 0.2) is 0 Å². The molecule has 7 heteroatoms. The third kappa shape index (κ3) is 3.78. The van der Waals surface area contributed by atoms with Crippen molar-refractivity contribution in [2.45, 2.75) is 44.1 Å². The molecule has 0 aromatic carbocycles. The zero-order chi connectivity index (χ0) is 17.2. The van der Waals surface area contributed by atoms with E-state index in [0.717, 1.165) is 42.1 Å². The highest BCUT2D eigenvalue weighted by Crippen LogP contribution is 2.45. The summed E-state index contributed by atoms with van der Waals surface area (Å²) in [6.45, 7) is 3.04. The molecule has 0 bridgehead atoms. The number of hydrogen-bond donors (Lipinski definition) is 0. The van der Waals surface area contributed by atoms with Crippen molar-refractivity contribution in [3.05, 3.63) is 21.4 Å². The summed E-state index contributed by atoms with van der Waals surface area (Å²) in [4.78, 5) is 15.4. The zero-order valence-electron chi connectivity index (χ0n) is 13.9. The number of nitrogens with zero attached hydrogens (tertiary/aromatic N) is 1. The summed E-state index contributed by atoms with van der Waals surface area (Å²) in [6.07, 6.45) is 0.419. The lowest BCUT2D eigenvalue weighted by molar-refractivity contribution is -0.141. The standard InChI is InChI=1S/C17H23F2NO3S/c1-22-15(21)2-6-20-7-4-17(5-8-20)16-12(3-9-23-17)10-13(24-16)11-14(18)19/h10,14H,2-9,11H2,1H3. The van der Waals surface area contributed by atoms with E-state index in [4.69, 9.17) is 4.74 Å². The Morgan fingerprint density at radius 1 is 1.46 bits per heavy atom. The predicted octanol–water partition coefficient (Wildman–Crippen LogP) is 2.98. The third-order valence-corrected chi connectivity index (χ3v) is 6.29. The number of ether oxygens (including phenoxy) is 2. The Balaban J connectivity index is 1.66. The monoisotopic (exact) mass is 359 g/mol. The summed E-state index contributed by atoms with van der Waals surface area (Å²) >= 11 is 1.49. The molecule has 0 atom stereocenters. The second-order valence-electron chi connectivity index (χ2n) is 6.42. The number of alkyl halides is 2. The van der Waals surface area contributed by atoms with Gasteiger partial charge in [-0.15, -0.1) is 11.3 Å². The molecular weight excluding hydrogens is 336 g/mol. The van der Waals surface area contributed by atoms with Gasteiger partial charge in [-0.2, -0.15) is 0 Å². The summed E-state index contributed by atoms with van der Waals surface area (Å²) in [5.41, 5.74) is 0.866. The van der Waals surface area contributed by atoms with Crippen molar-refractivity contribution in [3.8, 4) is 0 Å². The molecule has 3 rings (SSSR count). The Morgan fingerprint density at radius 2 is 2.21 bits per heavy atom. The molecular formula is C17H23F2NO3S. The molecule has 24 heavy (non-hydrogen) atoms. The van der Waals surface area contributed by atoms with Crippen LogP contribution in [0.1, 0.15) is 34.6 Å². The molecule has 134 valence electrons. The summed E-state index contributed by atoms with van der Waals surface area (Å²) in [6, 6.07) is 1.94. The number of halogens is 2. The van der Waals surface area contributed by atoms with Gasteiger partial charge in [-0.05, 0) is 30.9 Å². The lowest BCUT2D eigenvalue weighted by atomic mass is 9.85.